The van der Waals surface area contributed by atoms with Crippen LogP contribution in [0.2, 0.25) is 5.02 Å². The van der Waals surface area contributed by atoms with E-state index in [0.29, 0.717) is 11.9 Å². The lowest BCUT2D eigenvalue weighted by Crippen LogP contribution is -2.12. The zero-order valence-corrected chi connectivity index (χ0v) is 12.6. The first-order valence-corrected chi connectivity index (χ1v) is 7.54. The minimum absolute atomic E-state index is 0.0444. The molecule has 0 aliphatic heterocycles. The SMILES string of the molecule is O=C(Oc1ccc(OC2CCCC2)cc1)c1ncncc1Cl. The van der Waals surface area contributed by atoms with Crippen LogP contribution >= 0.6 is 11.6 Å². The molecule has 0 amide bonds. The monoisotopic (exact) mass is 318 g/mol. The van der Waals surface area contributed by atoms with Gasteiger partial charge < -0.3 is 9.47 Å². The summed E-state index contributed by atoms with van der Waals surface area (Å²) in [5.74, 6) is 0.585. The summed E-state index contributed by atoms with van der Waals surface area (Å²) in [4.78, 5) is 19.5. The fraction of sp³-hybridized carbons (Fsp3) is 0.312. The van der Waals surface area contributed by atoms with Gasteiger partial charge in [-0.1, -0.05) is 11.6 Å². The van der Waals surface area contributed by atoms with Crippen molar-refractivity contribution in [3.63, 3.8) is 0 Å². The van der Waals surface area contributed by atoms with Crippen LogP contribution in [0.15, 0.2) is 36.8 Å². The summed E-state index contributed by atoms with van der Waals surface area (Å²) in [6, 6.07) is 6.97. The van der Waals surface area contributed by atoms with Gasteiger partial charge in [-0.15, -0.1) is 0 Å². The molecule has 0 bridgehead atoms. The number of carbonyl (C=O) groups excluding carboxylic acids is 1. The molecule has 0 unspecified atom stereocenters. The fourth-order valence-corrected chi connectivity index (χ4v) is 2.59. The number of nitrogens with zero attached hydrogens (tertiary/aromatic N) is 2. The van der Waals surface area contributed by atoms with Crippen LogP contribution < -0.4 is 9.47 Å². The van der Waals surface area contributed by atoms with E-state index in [0.717, 1.165) is 18.6 Å². The zero-order valence-electron chi connectivity index (χ0n) is 11.9. The minimum atomic E-state index is -0.614. The maximum absolute atomic E-state index is 12.0. The molecular formula is C16H15ClN2O3. The highest BCUT2D eigenvalue weighted by atomic mass is 35.5. The lowest BCUT2D eigenvalue weighted by Gasteiger charge is -2.13. The number of benzene rings is 1. The van der Waals surface area contributed by atoms with Crippen molar-refractivity contribution in [1.82, 2.24) is 9.97 Å². The van der Waals surface area contributed by atoms with E-state index in [1.54, 1.807) is 24.3 Å². The molecule has 114 valence electrons. The molecule has 0 atom stereocenters. The number of halogens is 1. The van der Waals surface area contributed by atoms with Crippen LogP contribution in [0.3, 0.4) is 0 Å². The maximum Gasteiger partial charge on any atom is 0.364 e. The Morgan fingerprint density at radius 2 is 1.82 bits per heavy atom. The van der Waals surface area contributed by atoms with Gasteiger partial charge >= 0.3 is 5.97 Å². The summed E-state index contributed by atoms with van der Waals surface area (Å²) in [5.41, 5.74) is 0.0444. The first-order valence-electron chi connectivity index (χ1n) is 7.17. The lowest BCUT2D eigenvalue weighted by molar-refractivity contribution is 0.0728. The third-order valence-corrected chi connectivity index (χ3v) is 3.78. The first kappa shape index (κ1) is 14.8. The van der Waals surface area contributed by atoms with Crippen molar-refractivity contribution in [3.8, 4) is 11.5 Å². The Morgan fingerprint density at radius 3 is 2.50 bits per heavy atom. The van der Waals surface area contributed by atoms with Gasteiger partial charge in [0.05, 0.1) is 11.1 Å². The van der Waals surface area contributed by atoms with Crippen LogP contribution in [0.1, 0.15) is 36.2 Å². The second kappa shape index (κ2) is 6.75. The van der Waals surface area contributed by atoms with Crippen molar-refractivity contribution in [2.24, 2.45) is 0 Å². The van der Waals surface area contributed by atoms with Gasteiger partial charge in [0.25, 0.3) is 0 Å². The van der Waals surface area contributed by atoms with Crippen molar-refractivity contribution >= 4 is 17.6 Å². The molecule has 3 rings (SSSR count). The molecule has 1 aromatic heterocycles. The highest BCUT2D eigenvalue weighted by Crippen LogP contribution is 2.26. The summed E-state index contributed by atoms with van der Waals surface area (Å²) in [6.45, 7) is 0. The smallest absolute Gasteiger partial charge is 0.364 e. The minimum Gasteiger partial charge on any atom is -0.490 e. The van der Waals surface area contributed by atoms with Crippen LogP contribution in [0.5, 0.6) is 11.5 Å². The van der Waals surface area contributed by atoms with Gasteiger partial charge in [0, 0.05) is 6.20 Å². The standard InChI is InChI=1S/C16H15ClN2O3/c17-14-9-18-10-19-15(14)16(20)22-13-7-5-12(6-8-13)21-11-3-1-2-4-11/h5-11H,1-4H2. The summed E-state index contributed by atoms with van der Waals surface area (Å²) in [6.07, 6.45) is 7.55. The normalized spacial score (nSPS) is 14.8. The maximum atomic E-state index is 12.0. The third-order valence-electron chi connectivity index (χ3n) is 3.50. The summed E-state index contributed by atoms with van der Waals surface area (Å²) in [5, 5.41) is 0.161. The number of carbonyl (C=O) groups is 1. The van der Waals surface area contributed by atoms with Crippen LogP contribution in [-0.2, 0) is 0 Å². The molecule has 1 aliphatic carbocycles. The number of hydrogen-bond acceptors (Lipinski definition) is 5. The first-order chi connectivity index (χ1) is 10.7. The average Bonchev–Trinajstić information content (AvgIpc) is 3.02. The summed E-state index contributed by atoms with van der Waals surface area (Å²) >= 11 is 5.86. The molecule has 1 aromatic carbocycles. The molecule has 1 aliphatic rings. The van der Waals surface area contributed by atoms with Crippen molar-refractivity contribution in [2.45, 2.75) is 31.8 Å². The Bertz CT molecular complexity index is 655. The average molecular weight is 319 g/mol. The van der Waals surface area contributed by atoms with E-state index < -0.39 is 5.97 Å². The van der Waals surface area contributed by atoms with E-state index in [-0.39, 0.29) is 10.7 Å². The van der Waals surface area contributed by atoms with E-state index >= 15 is 0 Å². The zero-order chi connectivity index (χ0) is 15.4. The summed E-state index contributed by atoms with van der Waals surface area (Å²) in [7, 11) is 0. The van der Waals surface area contributed by atoms with E-state index in [9.17, 15) is 4.79 Å². The molecule has 6 heteroatoms. The molecule has 0 N–H and O–H groups in total. The van der Waals surface area contributed by atoms with Gasteiger partial charge in [0.1, 0.15) is 17.8 Å². The van der Waals surface area contributed by atoms with Crippen LogP contribution in [0.4, 0.5) is 0 Å². The topological polar surface area (TPSA) is 61.3 Å². The van der Waals surface area contributed by atoms with Crippen molar-refractivity contribution in [1.29, 1.82) is 0 Å². The molecule has 1 saturated carbocycles. The molecule has 2 aromatic rings. The highest BCUT2D eigenvalue weighted by Gasteiger charge is 2.17. The molecule has 22 heavy (non-hydrogen) atoms. The van der Waals surface area contributed by atoms with Crippen molar-refractivity contribution < 1.29 is 14.3 Å². The number of esters is 1. The van der Waals surface area contributed by atoms with Gasteiger partial charge in [-0.2, -0.15) is 0 Å². The van der Waals surface area contributed by atoms with Gasteiger partial charge in [0.15, 0.2) is 5.69 Å². The predicted octanol–water partition coefficient (Wildman–Crippen LogP) is 3.67. The Hall–Kier alpha value is -2.14. The Balaban J connectivity index is 1.63. The van der Waals surface area contributed by atoms with Crippen LogP contribution in [-0.4, -0.2) is 22.0 Å². The molecule has 0 radical (unpaired) electrons. The predicted molar refractivity (Wildman–Crippen MR) is 81.3 cm³/mol. The molecule has 5 nitrogen and oxygen atoms in total. The quantitative estimate of drug-likeness (QED) is 0.636. The lowest BCUT2D eigenvalue weighted by atomic mass is 10.3. The van der Waals surface area contributed by atoms with E-state index in [1.807, 2.05) is 0 Å². The molecule has 1 heterocycles. The van der Waals surface area contributed by atoms with E-state index in [1.165, 1.54) is 25.4 Å². The fourth-order valence-electron chi connectivity index (χ4n) is 2.40. The van der Waals surface area contributed by atoms with Gasteiger partial charge in [-0.05, 0) is 49.9 Å². The molecule has 0 spiro atoms. The van der Waals surface area contributed by atoms with Gasteiger partial charge in [-0.3, -0.25) is 0 Å². The number of aromatic nitrogens is 2. The Kier molecular flexibility index (Phi) is 4.53. The second-order valence-electron chi connectivity index (χ2n) is 5.10. The van der Waals surface area contributed by atoms with Crippen LogP contribution in [0, 0.1) is 0 Å². The number of rotatable bonds is 4. The number of hydrogen-bond donors (Lipinski definition) is 0. The third kappa shape index (κ3) is 3.54. The highest BCUT2D eigenvalue weighted by molar-refractivity contribution is 6.33. The number of ether oxygens (including phenoxy) is 2. The Labute approximate surface area is 133 Å². The molecular weight excluding hydrogens is 304 g/mol. The van der Waals surface area contributed by atoms with Crippen molar-refractivity contribution in [2.75, 3.05) is 0 Å². The van der Waals surface area contributed by atoms with E-state index in [2.05, 4.69) is 9.97 Å². The van der Waals surface area contributed by atoms with E-state index in [4.69, 9.17) is 21.1 Å². The molecule has 1 fully saturated rings. The van der Waals surface area contributed by atoms with Crippen LogP contribution in [0.25, 0.3) is 0 Å². The largest absolute Gasteiger partial charge is 0.490 e. The molecule has 0 saturated heterocycles. The van der Waals surface area contributed by atoms with Crippen molar-refractivity contribution in [3.05, 3.63) is 47.5 Å². The Morgan fingerprint density at radius 1 is 1.14 bits per heavy atom. The second-order valence-corrected chi connectivity index (χ2v) is 5.51. The summed E-state index contributed by atoms with van der Waals surface area (Å²) < 4.78 is 11.1. The van der Waals surface area contributed by atoms with Gasteiger partial charge in [0.2, 0.25) is 0 Å². The van der Waals surface area contributed by atoms with Gasteiger partial charge in [-0.25, -0.2) is 14.8 Å².